The molecular formula is C15H15BrN2OS. The van der Waals surface area contributed by atoms with E-state index in [1.54, 1.807) is 0 Å². The molecule has 1 aliphatic heterocycles. The van der Waals surface area contributed by atoms with Gasteiger partial charge in [0.1, 0.15) is 0 Å². The van der Waals surface area contributed by atoms with E-state index in [9.17, 15) is 4.79 Å². The zero-order valence-electron chi connectivity index (χ0n) is 10.9. The number of hydrogen-bond acceptors (Lipinski definition) is 3. The number of carbonyl (C=O) groups excluding carboxylic acids is 1. The molecule has 1 N–H and O–H groups in total. The van der Waals surface area contributed by atoms with Gasteiger partial charge in [-0.1, -0.05) is 40.9 Å². The summed E-state index contributed by atoms with van der Waals surface area (Å²) < 4.78 is 1.01. The van der Waals surface area contributed by atoms with Crippen molar-refractivity contribution in [1.82, 2.24) is 5.32 Å². The first-order valence-corrected chi connectivity index (χ1v) is 8.36. The maximum Gasteiger partial charge on any atom is 0.264 e. The third-order valence-electron chi connectivity index (χ3n) is 3.42. The summed E-state index contributed by atoms with van der Waals surface area (Å²) in [4.78, 5) is 17.3. The van der Waals surface area contributed by atoms with Crippen LogP contribution in [0.2, 0.25) is 0 Å². The van der Waals surface area contributed by atoms with E-state index in [0.717, 1.165) is 28.0 Å². The molecule has 1 saturated carbocycles. The average Bonchev–Trinajstić information content (AvgIpc) is 3.01. The third kappa shape index (κ3) is 3.33. The van der Waals surface area contributed by atoms with E-state index in [-0.39, 0.29) is 5.91 Å². The Morgan fingerprint density at radius 1 is 1.35 bits per heavy atom. The predicted octanol–water partition coefficient (Wildman–Crippen LogP) is 3.95. The highest BCUT2D eigenvalue weighted by Crippen LogP contribution is 2.29. The second-order valence-corrected chi connectivity index (χ2v) is 6.94. The first-order chi connectivity index (χ1) is 9.70. The number of thioether (sulfide) groups is 1. The smallest absolute Gasteiger partial charge is 0.264 e. The van der Waals surface area contributed by atoms with Crippen LogP contribution in [0, 0.1) is 0 Å². The molecule has 1 amide bonds. The van der Waals surface area contributed by atoms with E-state index in [1.165, 1.54) is 24.6 Å². The lowest BCUT2D eigenvalue weighted by atomic mass is 10.2. The molecule has 2 aliphatic rings. The molecule has 0 unspecified atom stereocenters. The van der Waals surface area contributed by atoms with Gasteiger partial charge in [0.25, 0.3) is 5.91 Å². The Morgan fingerprint density at radius 2 is 2.15 bits per heavy atom. The molecule has 20 heavy (non-hydrogen) atoms. The van der Waals surface area contributed by atoms with Gasteiger partial charge in [-0.15, -0.1) is 0 Å². The number of rotatable bonds is 2. The Morgan fingerprint density at radius 3 is 2.90 bits per heavy atom. The topological polar surface area (TPSA) is 41.5 Å². The summed E-state index contributed by atoms with van der Waals surface area (Å²) >= 11 is 4.88. The molecule has 1 aromatic rings. The highest BCUT2D eigenvalue weighted by molar-refractivity contribution is 9.10. The number of aliphatic imine (C=N–C) groups is 1. The van der Waals surface area contributed by atoms with Crippen LogP contribution in [0.3, 0.4) is 0 Å². The van der Waals surface area contributed by atoms with Crippen molar-refractivity contribution in [3.63, 3.8) is 0 Å². The van der Waals surface area contributed by atoms with E-state index >= 15 is 0 Å². The Bertz CT molecular complexity index is 591. The number of nitrogens with zero attached hydrogens (tertiary/aromatic N) is 1. The second-order valence-electron chi connectivity index (χ2n) is 4.99. The van der Waals surface area contributed by atoms with Gasteiger partial charge in [0, 0.05) is 4.47 Å². The van der Waals surface area contributed by atoms with Gasteiger partial charge in [-0.3, -0.25) is 9.79 Å². The quantitative estimate of drug-likeness (QED) is 0.820. The normalized spacial score (nSPS) is 23.8. The van der Waals surface area contributed by atoms with E-state index in [4.69, 9.17) is 0 Å². The minimum atomic E-state index is -0.0493. The first-order valence-electron chi connectivity index (χ1n) is 6.75. The number of halogens is 1. The minimum Gasteiger partial charge on any atom is -0.301 e. The van der Waals surface area contributed by atoms with E-state index in [2.05, 4.69) is 26.2 Å². The highest BCUT2D eigenvalue weighted by atomic mass is 79.9. The fraction of sp³-hybridized carbons (Fsp3) is 0.333. The molecule has 2 fully saturated rings. The minimum absolute atomic E-state index is 0.0493. The summed E-state index contributed by atoms with van der Waals surface area (Å²) in [7, 11) is 0. The summed E-state index contributed by atoms with van der Waals surface area (Å²) in [5.74, 6) is -0.0493. The van der Waals surface area contributed by atoms with Crippen molar-refractivity contribution in [2.24, 2.45) is 4.99 Å². The van der Waals surface area contributed by atoms with E-state index in [0.29, 0.717) is 10.9 Å². The number of amidine groups is 1. The van der Waals surface area contributed by atoms with Crippen LogP contribution in [-0.4, -0.2) is 17.1 Å². The molecule has 1 aromatic carbocycles. The van der Waals surface area contributed by atoms with Crippen molar-refractivity contribution in [2.45, 2.75) is 31.7 Å². The van der Waals surface area contributed by atoms with Gasteiger partial charge in [0.05, 0.1) is 10.9 Å². The lowest BCUT2D eigenvalue weighted by Crippen LogP contribution is -2.21. The third-order valence-corrected chi connectivity index (χ3v) is 4.84. The van der Waals surface area contributed by atoms with Crippen LogP contribution in [0.1, 0.15) is 31.2 Å². The Kier molecular flexibility index (Phi) is 4.27. The van der Waals surface area contributed by atoms with Gasteiger partial charge in [0.2, 0.25) is 0 Å². The van der Waals surface area contributed by atoms with Crippen LogP contribution >= 0.6 is 27.7 Å². The van der Waals surface area contributed by atoms with Crippen LogP contribution in [-0.2, 0) is 4.79 Å². The molecular weight excluding hydrogens is 336 g/mol. The van der Waals surface area contributed by atoms with Crippen molar-refractivity contribution < 1.29 is 4.79 Å². The van der Waals surface area contributed by atoms with Crippen LogP contribution in [0.5, 0.6) is 0 Å². The summed E-state index contributed by atoms with van der Waals surface area (Å²) in [6.07, 6.45) is 6.69. The molecule has 1 heterocycles. The largest absolute Gasteiger partial charge is 0.301 e. The average molecular weight is 351 g/mol. The van der Waals surface area contributed by atoms with Crippen LogP contribution in [0.15, 0.2) is 38.6 Å². The molecule has 3 nitrogen and oxygen atoms in total. The van der Waals surface area contributed by atoms with Crippen molar-refractivity contribution >= 4 is 44.8 Å². The molecule has 3 rings (SSSR count). The predicted molar refractivity (Wildman–Crippen MR) is 87.5 cm³/mol. The summed E-state index contributed by atoms with van der Waals surface area (Å²) in [5.41, 5.74) is 1.01. The standard InChI is InChI=1S/C15H15BrN2OS/c16-11-5-3-4-10(8-11)9-13-14(19)18-15(20-13)17-12-6-1-2-7-12/h3-5,8-9,12H,1-2,6-7H2,(H,17,18,19)/b13-9+. The SMILES string of the molecule is O=C1NC(=NC2CCCC2)S/C1=C/c1cccc(Br)c1. The molecule has 0 bridgehead atoms. The maximum absolute atomic E-state index is 12.0. The summed E-state index contributed by atoms with van der Waals surface area (Å²) in [6.45, 7) is 0. The Hall–Kier alpha value is -1.07. The zero-order valence-corrected chi connectivity index (χ0v) is 13.3. The lowest BCUT2D eigenvalue weighted by molar-refractivity contribution is -0.115. The molecule has 0 spiro atoms. The molecule has 0 aromatic heterocycles. The van der Waals surface area contributed by atoms with E-state index in [1.807, 2.05) is 30.3 Å². The lowest BCUT2D eigenvalue weighted by Gasteiger charge is -2.02. The summed E-state index contributed by atoms with van der Waals surface area (Å²) in [6, 6.07) is 8.30. The molecule has 1 aliphatic carbocycles. The molecule has 104 valence electrons. The van der Waals surface area contributed by atoms with Gasteiger partial charge in [-0.2, -0.15) is 0 Å². The van der Waals surface area contributed by atoms with E-state index < -0.39 is 0 Å². The van der Waals surface area contributed by atoms with Crippen molar-refractivity contribution in [3.05, 3.63) is 39.2 Å². The summed E-state index contributed by atoms with van der Waals surface area (Å²) in [5, 5.41) is 3.61. The van der Waals surface area contributed by atoms with Crippen molar-refractivity contribution in [2.75, 3.05) is 0 Å². The molecule has 1 saturated heterocycles. The number of benzene rings is 1. The Balaban J connectivity index is 1.76. The fourth-order valence-electron chi connectivity index (χ4n) is 2.44. The number of amides is 1. The second kappa shape index (κ2) is 6.14. The number of hydrogen-bond donors (Lipinski definition) is 1. The van der Waals surface area contributed by atoms with Crippen LogP contribution < -0.4 is 5.32 Å². The Labute approximate surface area is 131 Å². The zero-order chi connectivity index (χ0) is 13.9. The fourth-order valence-corrected chi connectivity index (χ4v) is 3.74. The van der Waals surface area contributed by atoms with Crippen LogP contribution in [0.25, 0.3) is 6.08 Å². The molecule has 0 radical (unpaired) electrons. The van der Waals surface area contributed by atoms with Gasteiger partial charge < -0.3 is 5.32 Å². The van der Waals surface area contributed by atoms with Gasteiger partial charge in [-0.05, 0) is 48.4 Å². The van der Waals surface area contributed by atoms with Gasteiger partial charge in [0.15, 0.2) is 5.17 Å². The van der Waals surface area contributed by atoms with Gasteiger partial charge in [-0.25, -0.2) is 0 Å². The molecule has 0 atom stereocenters. The van der Waals surface area contributed by atoms with Crippen molar-refractivity contribution in [3.8, 4) is 0 Å². The number of nitrogens with one attached hydrogen (secondary N) is 1. The highest BCUT2D eigenvalue weighted by Gasteiger charge is 2.25. The van der Waals surface area contributed by atoms with Crippen LogP contribution in [0.4, 0.5) is 0 Å². The first kappa shape index (κ1) is 13.9. The molecule has 5 heteroatoms. The van der Waals surface area contributed by atoms with Crippen molar-refractivity contribution in [1.29, 1.82) is 0 Å². The maximum atomic E-state index is 12.0. The van der Waals surface area contributed by atoms with Gasteiger partial charge >= 0.3 is 0 Å². The number of carbonyl (C=O) groups is 1. The monoisotopic (exact) mass is 350 g/mol.